The highest BCUT2D eigenvalue weighted by atomic mass is 16.4. The Labute approximate surface area is 101 Å². The molecule has 3 nitrogen and oxygen atoms in total. The minimum Gasteiger partial charge on any atom is -0.508 e. The minimum absolute atomic E-state index is 0.163. The summed E-state index contributed by atoms with van der Waals surface area (Å²) in [7, 11) is 0. The lowest BCUT2D eigenvalue weighted by Crippen LogP contribution is -2.31. The summed E-state index contributed by atoms with van der Waals surface area (Å²) in [4.78, 5) is 11.1. The first-order valence-corrected chi connectivity index (χ1v) is 6.14. The van der Waals surface area contributed by atoms with E-state index in [-0.39, 0.29) is 17.6 Å². The van der Waals surface area contributed by atoms with Crippen molar-refractivity contribution in [2.24, 2.45) is 0 Å². The van der Waals surface area contributed by atoms with Crippen LogP contribution in [0, 0.1) is 0 Å². The summed E-state index contributed by atoms with van der Waals surface area (Å²) in [6, 6.07) is 7.08. The molecule has 0 radical (unpaired) electrons. The number of hydrogen-bond acceptors (Lipinski definition) is 2. The minimum atomic E-state index is -0.754. The topological polar surface area (TPSA) is 57.5 Å². The predicted molar refractivity (Wildman–Crippen MR) is 65.1 cm³/mol. The number of carboxylic acids is 1. The zero-order chi connectivity index (χ0) is 12.3. The van der Waals surface area contributed by atoms with Gasteiger partial charge in [-0.1, -0.05) is 31.4 Å². The third-order valence-electron chi connectivity index (χ3n) is 3.76. The van der Waals surface area contributed by atoms with Gasteiger partial charge in [-0.15, -0.1) is 0 Å². The SMILES string of the molecule is O=C(O)CC1(c2cccc(O)c2)CCCCC1. The molecule has 2 rings (SSSR count). The zero-order valence-electron chi connectivity index (χ0n) is 9.85. The number of phenolic OH excluding ortho intramolecular Hbond substituents is 1. The molecular formula is C14H18O3. The first-order valence-electron chi connectivity index (χ1n) is 6.14. The average Bonchev–Trinajstić information content (AvgIpc) is 2.29. The van der Waals surface area contributed by atoms with E-state index in [2.05, 4.69) is 0 Å². The van der Waals surface area contributed by atoms with Gasteiger partial charge in [0.15, 0.2) is 0 Å². The number of hydrogen-bond donors (Lipinski definition) is 2. The summed E-state index contributed by atoms with van der Waals surface area (Å²) in [5, 5.41) is 18.6. The van der Waals surface area contributed by atoms with Crippen molar-refractivity contribution < 1.29 is 15.0 Å². The van der Waals surface area contributed by atoms with E-state index in [0.717, 1.165) is 31.2 Å². The molecule has 1 saturated carbocycles. The van der Waals surface area contributed by atoms with Crippen LogP contribution in [0.2, 0.25) is 0 Å². The van der Waals surface area contributed by atoms with E-state index in [1.807, 2.05) is 6.07 Å². The van der Waals surface area contributed by atoms with Crippen LogP contribution in [0.4, 0.5) is 0 Å². The van der Waals surface area contributed by atoms with Crippen LogP contribution in [0.5, 0.6) is 5.75 Å². The van der Waals surface area contributed by atoms with Gasteiger partial charge in [0.1, 0.15) is 5.75 Å². The molecule has 17 heavy (non-hydrogen) atoms. The van der Waals surface area contributed by atoms with Gasteiger partial charge >= 0.3 is 5.97 Å². The van der Waals surface area contributed by atoms with Crippen LogP contribution in [0.3, 0.4) is 0 Å². The van der Waals surface area contributed by atoms with Crippen LogP contribution >= 0.6 is 0 Å². The number of phenols is 1. The molecule has 1 aromatic carbocycles. The lowest BCUT2D eigenvalue weighted by molar-refractivity contribution is -0.138. The fraction of sp³-hybridized carbons (Fsp3) is 0.500. The average molecular weight is 234 g/mol. The Morgan fingerprint density at radius 2 is 1.94 bits per heavy atom. The molecule has 0 aromatic heterocycles. The summed E-state index contributed by atoms with van der Waals surface area (Å²) >= 11 is 0. The number of aromatic hydroxyl groups is 1. The predicted octanol–water partition coefficient (Wildman–Crippen LogP) is 3.07. The van der Waals surface area contributed by atoms with Crippen LogP contribution in [0.25, 0.3) is 0 Å². The largest absolute Gasteiger partial charge is 0.508 e. The molecule has 0 unspecified atom stereocenters. The monoisotopic (exact) mass is 234 g/mol. The fourth-order valence-corrected chi connectivity index (χ4v) is 2.92. The Bertz CT molecular complexity index is 406. The molecule has 0 saturated heterocycles. The van der Waals surface area contributed by atoms with Crippen molar-refractivity contribution in [3.63, 3.8) is 0 Å². The van der Waals surface area contributed by atoms with E-state index in [1.165, 1.54) is 6.42 Å². The first kappa shape index (κ1) is 12.0. The van der Waals surface area contributed by atoms with E-state index in [1.54, 1.807) is 18.2 Å². The van der Waals surface area contributed by atoms with Gasteiger partial charge in [0.25, 0.3) is 0 Å². The lowest BCUT2D eigenvalue weighted by atomic mass is 9.67. The van der Waals surface area contributed by atoms with Gasteiger partial charge in [-0.3, -0.25) is 4.79 Å². The second-order valence-corrected chi connectivity index (χ2v) is 4.96. The van der Waals surface area contributed by atoms with Gasteiger partial charge in [0, 0.05) is 5.41 Å². The third-order valence-corrected chi connectivity index (χ3v) is 3.76. The summed E-state index contributed by atoms with van der Waals surface area (Å²) < 4.78 is 0. The summed E-state index contributed by atoms with van der Waals surface area (Å²) in [6.45, 7) is 0. The van der Waals surface area contributed by atoms with E-state index in [4.69, 9.17) is 5.11 Å². The summed E-state index contributed by atoms with van der Waals surface area (Å²) in [5.41, 5.74) is 0.697. The number of carbonyl (C=O) groups is 1. The number of benzene rings is 1. The highest BCUT2D eigenvalue weighted by Gasteiger charge is 2.36. The fourth-order valence-electron chi connectivity index (χ4n) is 2.92. The normalized spacial score (nSPS) is 18.8. The highest BCUT2D eigenvalue weighted by molar-refractivity contribution is 5.69. The quantitative estimate of drug-likeness (QED) is 0.845. The van der Waals surface area contributed by atoms with E-state index < -0.39 is 5.97 Å². The van der Waals surface area contributed by atoms with Crippen molar-refractivity contribution in [1.29, 1.82) is 0 Å². The molecule has 0 heterocycles. The van der Waals surface area contributed by atoms with E-state index in [9.17, 15) is 9.90 Å². The Morgan fingerprint density at radius 1 is 1.24 bits per heavy atom. The number of aliphatic carboxylic acids is 1. The van der Waals surface area contributed by atoms with Crippen molar-refractivity contribution in [1.82, 2.24) is 0 Å². The Hall–Kier alpha value is -1.51. The van der Waals surface area contributed by atoms with E-state index >= 15 is 0 Å². The van der Waals surface area contributed by atoms with Gasteiger partial charge in [0.05, 0.1) is 6.42 Å². The van der Waals surface area contributed by atoms with Crippen molar-refractivity contribution in [2.45, 2.75) is 43.9 Å². The third kappa shape index (κ3) is 2.60. The van der Waals surface area contributed by atoms with Gasteiger partial charge in [-0.25, -0.2) is 0 Å². The summed E-state index contributed by atoms with van der Waals surface area (Å²) in [5.74, 6) is -0.534. The molecule has 1 aliphatic rings. The van der Waals surface area contributed by atoms with E-state index in [0.29, 0.717) is 0 Å². The van der Waals surface area contributed by atoms with Gasteiger partial charge in [0.2, 0.25) is 0 Å². The molecule has 2 N–H and O–H groups in total. The molecular weight excluding hydrogens is 216 g/mol. The maximum Gasteiger partial charge on any atom is 0.304 e. The second-order valence-electron chi connectivity index (χ2n) is 4.96. The van der Waals surface area contributed by atoms with Crippen LogP contribution in [0.15, 0.2) is 24.3 Å². The Morgan fingerprint density at radius 3 is 2.53 bits per heavy atom. The Balaban J connectivity index is 2.35. The molecule has 0 amide bonds. The molecule has 92 valence electrons. The lowest BCUT2D eigenvalue weighted by Gasteiger charge is -2.36. The maximum absolute atomic E-state index is 11.1. The van der Waals surface area contributed by atoms with Crippen molar-refractivity contribution in [3.05, 3.63) is 29.8 Å². The van der Waals surface area contributed by atoms with Crippen molar-refractivity contribution in [3.8, 4) is 5.75 Å². The molecule has 0 aliphatic heterocycles. The van der Waals surface area contributed by atoms with Crippen molar-refractivity contribution in [2.75, 3.05) is 0 Å². The molecule has 0 spiro atoms. The van der Waals surface area contributed by atoms with Gasteiger partial charge < -0.3 is 10.2 Å². The van der Waals surface area contributed by atoms with Crippen LogP contribution in [-0.4, -0.2) is 16.2 Å². The molecule has 1 aliphatic carbocycles. The number of rotatable bonds is 3. The van der Waals surface area contributed by atoms with Crippen molar-refractivity contribution >= 4 is 5.97 Å². The van der Waals surface area contributed by atoms with Gasteiger partial charge in [-0.2, -0.15) is 0 Å². The molecule has 1 aromatic rings. The Kier molecular flexibility index (Phi) is 3.36. The molecule has 0 atom stereocenters. The standard InChI is InChI=1S/C14H18O3/c15-12-6-4-5-11(9-12)14(10-13(16)17)7-2-1-3-8-14/h4-6,9,15H,1-3,7-8,10H2,(H,16,17). The van der Waals surface area contributed by atoms with Crippen LogP contribution in [0.1, 0.15) is 44.1 Å². The highest BCUT2D eigenvalue weighted by Crippen LogP contribution is 2.42. The summed E-state index contributed by atoms with van der Waals surface area (Å²) in [6.07, 6.45) is 5.30. The van der Waals surface area contributed by atoms with Gasteiger partial charge in [-0.05, 0) is 30.5 Å². The molecule has 0 bridgehead atoms. The van der Waals surface area contributed by atoms with Crippen LogP contribution < -0.4 is 0 Å². The second kappa shape index (κ2) is 4.78. The zero-order valence-corrected chi connectivity index (χ0v) is 9.85. The molecule has 1 fully saturated rings. The maximum atomic E-state index is 11.1. The molecule has 3 heteroatoms. The smallest absolute Gasteiger partial charge is 0.304 e. The van der Waals surface area contributed by atoms with Crippen LogP contribution in [-0.2, 0) is 10.2 Å². The number of carboxylic acid groups (broad SMARTS) is 1. The first-order chi connectivity index (χ1) is 8.12.